The van der Waals surface area contributed by atoms with Gasteiger partial charge in [-0.1, -0.05) is 36.4 Å². The van der Waals surface area contributed by atoms with E-state index >= 15 is 0 Å². The zero-order valence-corrected chi connectivity index (χ0v) is 17.4. The fourth-order valence-electron chi connectivity index (χ4n) is 3.50. The lowest BCUT2D eigenvalue weighted by Gasteiger charge is -2.13. The smallest absolute Gasteiger partial charge is 0.263 e. The maximum absolute atomic E-state index is 12.9. The number of carbonyl (C=O) groups excluding carboxylic acids is 2. The Bertz CT molecular complexity index is 1250. The summed E-state index contributed by atoms with van der Waals surface area (Å²) in [6.07, 6.45) is 0. The van der Waals surface area contributed by atoms with Gasteiger partial charge in [-0.2, -0.15) is 0 Å². The molecule has 0 unspecified atom stereocenters. The molecule has 1 aromatic heterocycles. The molecule has 0 radical (unpaired) electrons. The maximum atomic E-state index is 12.9. The zero-order chi connectivity index (χ0) is 22.0. The minimum absolute atomic E-state index is 0.182. The number of methoxy groups -OCH3 is 2. The van der Waals surface area contributed by atoms with Crippen molar-refractivity contribution < 1.29 is 23.5 Å². The number of aryl methyl sites for hydroxylation is 1. The number of hydrogen-bond donors (Lipinski definition) is 1. The Labute approximate surface area is 179 Å². The van der Waals surface area contributed by atoms with Gasteiger partial charge in [-0.05, 0) is 37.3 Å². The Morgan fingerprint density at radius 2 is 1.55 bits per heavy atom. The first-order valence-corrected chi connectivity index (χ1v) is 9.68. The van der Waals surface area contributed by atoms with Gasteiger partial charge in [0.15, 0.2) is 5.76 Å². The zero-order valence-electron chi connectivity index (χ0n) is 17.4. The topological polar surface area (TPSA) is 77.8 Å². The van der Waals surface area contributed by atoms with E-state index in [1.807, 2.05) is 25.1 Å². The molecule has 0 saturated carbocycles. The molecule has 4 aromatic rings. The fourth-order valence-corrected chi connectivity index (χ4v) is 3.50. The van der Waals surface area contributed by atoms with Crippen LogP contribution in [0, 0.1) is 6.92 Å². The molecule has 6 nitrogen and oxygen atoms in total. The molecule has 3 aromatic carbocycles. The van der Waals surface area contributed by atoms with Crippen LogP contribution in [0.1, 0.15) is 32.0 Å². The molecule has 1 heterocycles. The minimum atomic E-state index is -0.365. The highest BCUT2D eigenvalue weighted by molar-refractivity contribution is 6.11. The van der Waals surface area contributed by atoms with Crippen LogP contribution in [0.3, 0.4) is 0 Å². The van der Waals surface area contributed by atoms with E-state index < -0.39 is 0 Å². The van der Waals surface area contributed by atoms with Crippen LogP contribution in [0.25, 0.3) is 11.0 Å². The van der Waals surface area contributed by atoms with E-state index in [2.05, 4.69) is 5.32 Å². The molecule has 0 bridgehead atoms. The highest BCUT2D eigenvalue weighted by atomic mass is 16.5. The van der Waals surface area contributed by atoms with Gasteiger partial charge in [0.2, 0.25) is 5.78 Å². The average molecular weight is 415 g/mol. The third kappa shape index (κ3) is 3.75. The van der Waals surface area contributed by atoms with Gasteiger partial charge in [-0.15, -0.1) is 0 Å². The van der Waals surface area contributed by atoms with Crippen LogP contribution in [0.2, 0.25) is 0 Å². The predicted octanol–water partition coefficient (Wildman–Crippen LogP) is 5.24. The largest absolute Gasteiger partial charge is 0.496 e. The normalized spacial score (nSPS) is 10.7. The van der Waals surface area contributed by atoms with Crippen LogP contribution in [0.4, 0.5) is 5.69 Å². The summed E-state index contributed by atoms with van der Waals surface area (Å²) < 4.78 is 16.5. The summed E-state index contributed by atoms with van der Waals surface area (Å²) in [6.45, 7) is 1.83. The molecule has 0 aliphatic heterocycles. The lowest BCUT2D eigenvalue weighted by Crippen LogP contribution is -2.14. The van der Waals surface area contributed by atoms with Crippen molar-refractivity contribution in [2.75, 3.05) is 19.5 Å². The molecule has 4 rings (SSSR count). The molecule has 0 atom stereocenters. The number of rotatable bonds is 6. The molecule has 0 aliphatic carbocycles. The number of anilines is 1. The van der Waals surface area contributed by atoms with E-state index in [1.165, 1.54) is 14.2 Å². The lowest BCUT2D eigenvalue weighted by molar-refractivity contribution is 0.100. The number of ether oxygens (including phenoxy) is 2. The lowest BCUT2D eigenvalue weighted by atomic mass is 10.0. The Morgan fingerprint density at radius 3 is 2.19 bits per heavy atom. The molecule has 0 spiro atoms. The van der Waals surface area contributed by atoms with Crippen LogP contribution < -0.4 is 14.8 Å². The van der Waals surface area contributed by atoms with Crippen molar-refractivity contribution in [3.8, 4) is 11.5 Å². The Kier molecular flexibility index (Phi) is 5.45. The van der Waals surface area contributed by atoms with Crippen LogP contribution in [0.5, 0.6) is 11.5 Å². The van der Waals surface area contributed by atoms with Gasteiger partial charge in [0.05, 0.1) is 14.2 Å². The summed E-state index contributed by atoms with van der Waals surface area (Å²) in [5.41, 5.74) is 2.71. The van der Waals surface area contributed by atoms with Crippen LogP contribution >= 0.6 is 0 Å². The summed E-state index contributed by atoms with van der Waals surface area (Å²) in [5.74, 6) is 0.562. The van der Waals surface area contributed by atoms with Crippen molar-refractivity contribution in [2.45, 2.75) is 6.92 Å². The van der Waals surface area contributed by atoms with E-state index in [0.29, 0.717) is 33.9 Å². The van der Waals surface area contributed by atoms with Gasteiger partial charge in [0.25, 0.3) is 5.91 Å². The van der Waals surface area contributed by atoms with E-state index in [9.17, 15) is 9.59 Å². The molecule has 31 heavy (non-hydrogen) atoms. The van der Waals surface area contributed by atoms with Gasteiger partial charge < -0.3 is 19.2 Å². The predicted molar refractivity (Wildman–Crippen MR) is 118 cm³/mol. The van der Waals surface area contributed by atoms with E-state index in [4.69, 9.17) is 13.9 Å². The second kappa shape index (κ2) is 8.36. The maximum Gasteiger partial charge on any atom is 0.263 e. The summed E-state index contributed by atoms with van der Waals surface area (Å²) in [7, 11) is 3.00. The highest BCUT2D eigenvalue weighted by Crippen LogP contribution is 2.32. The molecular formula is C25H21NO5. The van der Waals surface area contributed by atoms with Crippen LogP contribution in [-0.4, -0.2) is 25.9 Å². The number of furan rings is 1. The third-order valence-corrected chi connectivity index (χ3v) is 5.09. The second-order valence-electron chi connectivity index (χ2n) is 6.95. The van der Waals surface area contributed by atoms with Crippen LogP contribution in [0.15, 0.2) is 71.1 Å². The van der Waals surface area contributed by atoms with Gasteiger partial charge in [0, 0.05) is 22.2 Å². The Balaban J connectivity index is 1.67. The van der Waals surface area contributed by atoms with Gasteiger partial charge in [0.1, 0.15) is 22.6 Å². The first-order valence-electron chi connectivity index (χ1n) is 9.68. The first kappa shape index (κ1) is 20.2. The molecule has 0 saturated heterocycles. The van der Waals surface area contributed by atoms with Crippen LogP contribution in [-0.2, 0) is 0 Å². The molecule has 1 N–H and O–H groups in total. The summed E-state index contributed by atoms with van der Waals surface area (Å²) in [4.78, 5) is 25.8. The highest BCUT2D eigenvalue weighted by Gasteiger charge is 2.21. The Hall–Kier alpha value is -4.06. The van der Waals surface area contributed by atoms with Crippen molar-refractivity contribution in [3.63, 3.8) is 0 Å². The molecule has 6 heteroatoms. The van der Waals surface area contributed by atoms with Crippen molar-refractivity contribution >= 4 is 28.3 Å². The quantitative estimate of drug-likeness (QED) is 0.436. The Morgan fingerprint density at radius 1 is 0.871 bits per heavy atom. The number of benzene rings is 3. The summed E-state index contributed by atoms with van der Waals surface area (Å²) in [5, 5.41) is 3.63. The van der Waals surface area contributed by atoms with E-state index in [0.717, 1.165) is 10.9 Å². The molecular weight excluding hydrogens is 394 g/mol. The molecule has 1 amide bonds. The van der Waals surface area contributed by atoms with Crippen molar-refractivity contribution in [1.82, 2.24) is 0 Å². The van der Waals surface area contributed by atoms with Gasteiger partial charge in [-0.25, -0.2) is 0 Å². The first-order chi connectivity index (χ1) is 15.0. The van der Waals surface area contributed by atoms with Gasteiger partial charge in [-0.3, -0.25) is 9.59 Å². The van der Waals surface area contributed by atoms with E-state index in [1.54, 1.807) is 48.5 Å². The number of carbonyl (C=O) groups is 2. The number of hydrogen-bond acceptors (Lipinski definition) is 5. The second-order valence-corrected chi connectivity index (χ2v) is 6.95. The van der Waals surface area contributed by atoms with Gasteiger partial charge >= 0.3 is 0 Å². The summed E-state index contributed by atoms with van der Waals surface area (Å²) >= 11 is 0. The monoisotopic (exact) mass is 415 g/mol. The molecule has 0 aliphatic rings. The van der Waals surface area contributed by atoms with E-state index in [-0.39, 0.29) is 17.5 Å². The molecule has 0 fully saturated rings. The summed E-state index contributed by atoms with van der Waals surface area (Å²) in [6, 6.07) is 19.4. The number of fused-ring (bicyclic) bond motifs is 1. The minimum Gasteiger partial charge on any atom is -0.496 e. The number of ketones is 1. The fraction of sp³-hybridized carbons (Fsp3) is 0.120. The standard InChI is InChI=1S/C25H21NO5/c1-15-18-14-17(26-25(28)22-20(29-2)10-7-11-21(22)30-3)12-13-19(18)31-24(15)23(27)16-8-5-4-6-9-16/h4-14H,1-3H3,(H,26,28). The van der Waals surface area contributed by atoms with Crippen molar-refractivity contribution in [1.29, 1.82) is 0 Å². The average Bonchev–Trinajstić information content (AvgIpc) is 3.14. The molecule has 156 valence electrons. The van der Waals surface area contributed by atoms with Crippen molar-refractivity contribution in [2.24, 2.45) is 0 Å². The number of nitrogens with one attached hydrogen (secondary N) is 1. The third-order valence-electron chi connectivity index (χ3n) is 5.09. The SMILES string of the molecule is COc1cccc(OC)c1C(=O)Nc1ccc2oc(C(=O)c3ccccc3)c(C)c2c1. The number of amides is 1. The van der Waals surface area contributed by atoms with Crippen molar-refractivity contribution in [3.05, 3.63) is 89.2 Å².